The third-order valence-corrected chi connectivity index (χ3v) is 4.65. The van der Waals surface area contributed by atoms with E-state index >= 15 is 0 Å². The van der Waals surface area contributed by atoms with Crippen molar-refractivity contribution in [3.8, 4) is 0 Å². The fourth-order valence-corrected chi connectivity index (χ4v) is 3.16. The summed E-state index contributed by atoms with van der Waals surface area (Å²) in [6.45, 7) is 2.61. The van der Waals surface area contributed by atoms with E-state index in [1.165, 1.54) is 0 Å². The quantitative estimate of drug-likeness (QED) is 0.830. The van der Waals surface area contributed by atoms with Gasteiger partial charge in [0.15, 0.2) is 0 Å². The van der Waals surface area contributed by atoms with Gasteiger partial charge in [-0.15, -0.1) is 0 Å². The molecule has 3 amide bonds. The van der Waals surface area contributed by atoms with Crippen LogP contribution in [0.1, 0.15) is 23.7 Å². The number of amides is 3. The third kappa shape index (κ3) is 4.28. The number of hydrogen-bond donors (Lipinski definition) is 2. The predicted octanol–water partition coefficient (Wildman–Crippen LogP) is 3.08. The molecule has 0 aromatic heterocycles. The summed E-state index contributed by atoms with van der Waals surface area (Å²) in [5, 5.41) is 6.10. The highest BCUT2D eigenvalue weighted by atomic mass is 35.5. The van der Waals surface area contributed by atoms with Crippen molar-refractivity contribution in [2.45, 2.75) is 13.3 Å². The van der Waals surface area contributed by atoms with Crippen LogP contribution in [-0.4, -0.2) is 30.8 Å². The number of halogens is 1. The molecule has 0 unspecified atom stereocenters. The Balaban J connectivity index is 1.72. The van der Waals surface area contributed by atoms with E-state index in [9.17, 15) is 14.4 Å². The summed E-state index contributed by atoms with van der Waals surface area (Å²) in [5.74, 6) is -1.14. The van der Waals surface area contributed by atoms with E-state index in [4.69, 9.17) is 11.6 Å². The Kier molecular flexibility index (Phi) is 5.76. The fourth-order valence-electron chi connectivity index (χ4n) is 3.03. The van der Waals surface area contributed by atoms with Gasteiger partial charge in [-0.25, -0.2) is 0 Å². The first-order valence-electron chi connectivity index (χ1n) is 8.73. The summed E-state index contributed by atoms with van der Waals surface area (Å²) in [5.41, 5.74) is 1.54. The van der Waals surface area contributed by atoms with E-state index in [1.807, 2.05) is 6.92 Å². The van der Waals surface area contributed by atoms with Gasteiger partial charge in [-0.1, -0.05) is 23.7 Å². The zero-order chi connectivity index (χ0) is 19.4. The van der Waals surface area contributed by atoms with E-state index in [-0.39, 0.29) is 30.7 Å². The zero-order valence-electron chi connectivity index (χ0n) is 14.9. The van der Waals surface area contributed by atoms with Crippen LogP contribution in [0.4, 0.5) is 11.4 Å². The van der Waals surface area contributed by atoms with Crippen molar-refractivity contribution in [2.24, 2.45) is 5.92 Å². The molecule has 1 heterocycles. The lowest BCUT2D eigenvalue weighted by Crippen LogP contribution is -2.29. The number of para-hydroxylation sites is 1. The third-order valence-electron chi connectivity index (χ3n) is 4.40. The van der Waals surface area contributed by atoms with E-state index in [2.05, 4.69) is 10.6 Å². The van der Waals surface area contributed by atoms with Gasteiger partial charge in [-0.2, -0.15) is 0 Å². The van der Waals surface area contributed by atoms with Gasteiger partial charge in [0.05, 0.1) is 17.2 Å². The molecule has 1 saturated heterocycles. The molecule has 2 aromatic rings. The van der Waals surface area contributed by atoms with Crippen LogP contribution in [0.5, 0.6) is 0 Å². The lowest BCUT2D eigenvalue weighted by molar-refractivity contribution is -0.122. The van der Waals surface area contributed by atoms with E-state index < -0.39 is 5.92 Å². The van der Waals surface area contributed by atoms with Crippen molar-refractivity contribution in [2.75, 3.05) is 23.3 Å². The number of nitrogens with one attached hydrogen (secondary N) is 2. The van der Waals surface area contributed by atoms with Crippen LogP contribution in [0.3, 0.4) is 0 Å². The zero-order valence-corrected chi connectivity index (χ0v) is 15.6. The summed E-state index contributed by atoms with van der Waals surface area (Å²) in [6, 6.07) is 13.7. The molecular weight excluding hydrogens is 366 g/mol. The highest BCUT2D eigenvalue weighted by Crippen LogP contribution is 2.27. The second-order valence-electron chi connectivity index (χ2n) is 6.28. The number of benzene rings is 2. The largest absolute Gasteiger partial charge is 0.352 e. The first-order chi connectivity index (χ1) is 13.0. The van der Waals surface area contributed by atoms with Crippen LogP contribution in [0, 0.1) is 5.92 Å². The minimum absolute atomic E-state index is 0.116. The van der Waals surface area contributed by atoms with Gasteiger partial charge in [0, 0.05) is 30.2 Å². The van der Waals surface area contributed by atoms with Crippen molar-refractivity contribution in [3.63, 3.8) is 0 Å². The molecular formula is C20H20ClN3O3. The van der Waals surface area contributed by atoms with Crippen molar-refractivity contribution in [1.82, 2.24) is 5.32 Å². The molecule has 7 heteroatoms. The molecule has 1 atom stereocenters. The molecule has 2 aromatic carbocycles. The summed E-state index contributed by atoms with van der Waals surface area (Å²) in [7, 11) is 0. The molecule has 1 aliphatic rings. The summed E-state index contributed by atoms with van der Waals surface area (Å²) in [4.78, 5) is 38.7. The molecule has 6 nitrogen and oxygen atoms in total. The maximum atomic E-state index is 12.7. The molecule has 27 heavy (non-hydrogen) atoms. The second kappa shape index (κ2) is 8.22. The number of carbonyl (C=O) groups excluding carboxylic acids is 3. The van der Waals surface area contributed by atoms with E-state index in [1.54, 1.807) is 53.4 Å². The second-order valence-corrected chi connectivity index (χ2v) is 6.71. The normalized spacial score (nSPS) is 16.3. The molecule has 0 aliphatic carbocycles. The Hall–Kier alpha value is -2.86. The topological polar surface area (TPSA) is 78.5 Å². The van der Waals surface area contributed by atoms with Crippen molar-refractivity contribution in [1.29, 1.82) is 0 Å². The van der Waals surface area contributed by atoms with Gasteiger partial charge >= 0.3 is 0 Å². The molecule has 140 valence electrons. The minimum Gasteiger partial charge on any atom is -0.352 e. The lowest BCUT2D eigenvalue weighted by atomic mass is 10.1. The smallest absolute Gasteiger partial charge is 0.253 e. The predicted molar refractivity (Wildman–Crippen MR) is 105 cm³/mol. The van der Waals surface area contributed by atoms with Crippen molar-refractivity contribution >= 4 is 40.7 Å². The lowest BCUT2D eigenvalue weighted by Gasteiger charge is -2.17. The summed E-state index contributed by atoms with van der Waals surface area (Å²) < 4.78 is 0. The van der Waals surface area contributed by atoms with Crippen LogP contribution < -0.4 is 15.5 Å². The molecule has 2 N–H and O–H groups in total. The van der Waals surface area contributed by atoms with Crippen LogP contribution in [0.15, 0.2) is 48.5 Å². The summed E-state index contributed by atoms with van der Waals surface area (Å²) >= 11 is 5.89. The average Bonchev–Trinajstić information content (AvgIpc) is 3.05. The minimum atomic E-state index is -0.490. The Bertz CT molecular complexity index is 867. The van der Waals surface area contributed by atoms with E-state index in [0.717, 1.165) is 0 Å². The highest BCUT2D eigenvalue weighted by molar-refractivity contribution is 6.30. The van der Waals surface area contributed by atoms with Crippen LogP contribution >= 0.6 is 11.6 Å². The maximum absolute atomic E-state index is 12.7. The van der Waals surface area contributed by atoms with Crippen molar-refractivity contribution in [3.05, 3.63) is 59.1 Å². The van der Waals surface area contributed by atoms with Gasteiger partial charge in [-0.3, -0.25) is 14.4 Å². The molecule has 0 radical (unpaired) electrons. The number of hydrogen-bond acceptors (Lipinski definition) is 3. The van der Waals surface area contributed by atoms with Crippen molar-refractivity contribution < 1.29 is 14.4 Å². The molecule has 0 spiro atoms. The first kappa shape index (κ1) is 18.9. The van der Waals surface area contributed by atoms with Crippen LogP contribution in [0.2, 0.25) is 5.02 Å². The van der Waals surface area contributed by atoms with Crippen LogP contribution in [-0.2, 0) is 9.59 Å². The Morgan fingerprint density at radius 3 is 2.56 bits per heavy atom. The number of anilines is 2. The molecule has 1 aliphatic heterocycles. The molecule has 0 saturated carbocycles. The van der Waals surface area contributed by atoms with Gasteiger partial charge in [0.25, 0.3) is 5.91 Å². The molecule has 3 rings (SSSR count). The first-order valence-corrected chi connectivity index (χ1v) is 9.11. The Morgan fingerprint density at radius 1 is 1.15 bits per heavy atom. The number of rotatable bonds is 5. The molecule has 1 fully saturated rings. The highest BCUT2D eigenvalue weighted by Gasteiger charge is 2.35. The standard InChI is InChI=1S/C20H20ClN3O3/c1-2-22-20(27)16-5-3-4-6-17(16)23-19(26)13-11-18(25)24(12-13)15-9-7-14(21)8-10-15/h3-10,13H,2,11-12H2,1H3,(H,22,27)(H,23,26)/t13-/m0/s1. The average molecular weight is 386 g/mol. The van der Waals surface area contributed by atoms with Gasteiger partial charge in [0.1, 0.15) is 0 Å². The Morgan fingerprint density at radius 2 is 1.85 bits per heavy atom. The van der Waals surface area contributed by atoms with Gasteiger partial charge in [-0.05, 0) is 43.3 Å². The monoisotopic (exact) mass is 385 g/mol. The van der Waals surface area contributed by atoms with Gasteiger partial charge in [0.2, 0.25) is 11.8 Å². The number of nitrogens with zero attached hydrogens (tertiary/aromatic N) is 1. The fraction of sp³-hybridized carbons (Fsp3) is 0.250. The van der Waals surface area contributed by atoms with E-state index in [0.29, 0.717) is 28.5 Å². The molecule has 0 bridgehead atoms. The Labute approximate surface area is 162 Å². The van der Waals surface area contributed by atoms with Gasteiger partial charge < -0.3 is 15.5 Å². The number of carbonyl (C=O) groups is 3. The summed E-state index contributed by atoms with van der Waals surface area (Å²) in [6.07, 6.45) is 0.123. The maximum Gasteiger partial charge on any atom is 0.253 e. The SMILES string of the molecule is CCNC(=O)c1ccccc1NC(=O)[C@H]1CC(=O)N(c2ccc(Cl)cc2)C1. The van der Waals surface area contributed by atoms with Crippen LogP contribution in [0.25, 0.3) is 0 Å².